The molecule has 1 aliphatic carbocycles. The summed E-state index contributed by atoms with van der Waals surface area (Å²) in [7, 11) is 0. The SMILES string of the molecule is O=C(O)CC(NC1CCCCC1)C(F)(F)F. The lowest BCUT2D eigenvalue weighted by molar-refractivity contribution is -0.169. The Morgan fingerprint density at radius 2 is 1.88 bits per heavy atom. The average molecular weight is 239 g/mol. The van der Waals surface area contributed by atoms with Crippen LogP contribution in [0.25, 0.3) is 0 Å². The van der Waals surface area contributed by atoms with E-state index in [9.17, 15) is 18.0 Å². The van der Waals surface area contributed by atoms with Gasteiger partial charge in [-0.2, -0.15) is 13.2 Å². The summed E-state index contributed by atoms with van der Waals surface area (Å²) in [6.07, 6.45) is -1.12. The minimum Gasteiger partial charge on any atom is -0.481 e. The van der Waals surface area contributed by atoms with E-state index in [4.69, 9.17) is 5.11 Å². The van der Waals surface area contributed by atoms with Gasteiger partial charge in [0.05, 0.1) is 6.42 Å². The molecule has 0 heterocycles. The Labute approximate surface area is 92.0 Å². The number of hydrogen-bond donors (Lipinski definition) is 2. The maximum Gasteiger partial charge on any atom is 0.404 e. The number of carboxylic acids is 1. The van der Waals surface area contributed by atoms with Gasteiger partial charge in [-0.15, -0.1) is 0 Å². The molecule has 0 aromatic heterocycles. The number of aliphatic carboxylic acids is 1. The quantitative estimate of drug-likeness (QED) is 0.791. The molecule has 0 saturated heterocycles. The molecule has 0 bridgehead atoms. The fraction of sp³-hybridized carbons (Fsp3) is 0.900. The van der Waals surface area contributed by atoms with Gasteiger partial charge in [0.2, 0.25) is 0 Å². The van der Waals surface area contributed by atoms with Crippen molar-refractivity contribution in [1.82, 2.24) is 5.32 Å². The first-order valence-corrected chi connectivity index (χ1v) is 5.44. The molecule has 0 amide bonds. The monoisotopic (exact) mass is 239 g/mol. The third-order valence-electron chi connectivity index (χ3n) is 2.82. The summed E-state index contributed by atoms with van der Waals surface area (Å²) in [6.45, 7) is 0. The Morgan fingerprint density at radius 3 is 2.31 bits per heavy atom. The van der Waals surface area contributed by atoms with Crippen molar-refractivity contribution in [3.8, 4) is 0 Å². The highest BCUT2D eigenvalue weighted by Gasteiger charge is 2.41. The van der Waals surface area contributed by atoms with Gasteiger partial charge in [0.15, 0.2) is 0 Å². The van der Waals surface area contributed by atoms with Gasteiger partial charge < -0.3 is 10.4 Å². The molecule has 1 saturated carbocycles. The Hall–Kier alpha value is -0.780. The molecule has 16 heavy (non-hydrogen) atoms. The summed E-state index contributed by atoms with van der Waals surface area (Å²) < 4.78 is 37.5. The molecule has 0 aromatic carbocycles. The van der Waals surface area contributed by atoms with E-state index in [0.717, 1.165) is 19.3 Å². The highest BCUT2D eigenvalue weighted by Crippen LogP contribution is 2.25. The molecule has 1 atom stereocenters. The number of alkyl halides is 3. The molecule has 0 aromatic rings. The largest absolute Gasteiger partial charge is 0.481 e. The van der Waals surface area contributed by atoms with Crippen LogP contribution in [0.5, 0.6) is 0 Å². The summed E-state index contributed by atoms with van der Waals surface area (Å²) in [4.78, 5) is 10.4. The maximum atomic E-state index is 12.5. The van der Waals surface area contributed by atoms with E-state index in [-0.39, 0.29) is 6.04 Å². The number of hydrogen-bond acceptors (Lipinski definition) is 2. The average Bonchev–Trinajstić information content (AvgIpc) is 2.16. The summed E-state index contributed by atoms with van der Waals surface area (Å²) >= 11 is 0. The van der Waals surface area contributed by atoms with Crippen LogP contribution < -0.4 is 5.32 Å². The second kappa shape index (κ2) is 5.52. The minimum absolute atomic E-state index is 0.195. The number of carbonyl (C=O) groups is 1. The fourth-order valence-corrected chi connectivity index (χ4v) is 2.00. The molecule has 1 rings (SSSR count). The van der Waals surface area contributed by atoms with E-state index >= 15 is 0 Å². The normalized spacial score (nSPS) is 20.7. The third-order valence-corrected chi connectivity index (χ3v) is 2.82. The topological polar surface area (TPSA) is 49.3 Å². The van der Waals surface area contributed by atoms with E-state index < -0.39 is 24.6 Å². The molecule has 0 aliphatic heterocycles. The minimum atomic E-state index is -4.49. The molecule has 0 radical (unpaired) electrons. The first-order valence-electron chi connectivity index (χ1n) is 5.44. The van der Waals surface area contributed by atoms with Crippen molar-refractivity contribution >= 4 is 5.97 Å². The standard InChI is InChI=1S/C10H16F3NO2/c11-10(12,13)8(6-9(15)16)14-7-4-2-1-3-5-7/h7-8,14H,1-6H2,(H,15,16). The maximum absolute atomic E-state index is 12.5. The van der Waals surface area contributed by atoms with E-state index in [0.29, 0.717) is 12.8 Å². The van der Waals surface area contributed by atoms with Crippen LogP contribution in [-0.2, 0) is 4.79 Å². The predicted octanol–water partition coefficient (Wildman–Crippen LogP) is 2.31. The molecular weight excluding hydrogens is 223 g/mol. The van der Waals surface area contributed by atoms with Crippen molar-refractivity contribution in [3.05, 3.63) is 0 Å². The number of nitrogens with one attached hydrogen (secondary N) is 1. The van der Waals surface area contributed by atoms with Crippen LogP contribution in [0.4, 0.5) is 13.2 Å². The van der Waals surface area contributed by atoms with Crippen LogP contribution in [0.15, 0.2) is 0 Å². The van der Waals surface area contributed by atoms with Gasteiger partial charge in [0.1, 0.15) is 6.04 Å². The Balaban J connectivity index is 2.51. The van der Waals surface area contributed by atoms with Crippen molar-refractivity contribution in [3.63, 3.8) is 0 Å². The Bertz CT molecular complexity index is 237. The van der Waals surface area contributed by atoms with Gasteiger partial charge >= 0.3 is 12.1 Å². The smallest absolute Gasteiger partial charge is 0.404 e. The summed E-state index contributed by atoms with van der Waals surface area (Å²) in [5, 5.41) is 10.9. The molecule has 0 spiro atoms. The van der Waals surface area contributed by atoms with E-state index in [2.05, 4.69) is 5.32 Å². The highest BCUT2D eigenvalue weighted by molar-refractivity contribution is 5.67. The van der Waals surface area contributed by atoms with Crippen molar-refractivity contribution in [2.75, 3.05) is 0 Å². The first kappa shape index (κ1) is 13.3. The second-order valence-corrected chi connectivity index (χ2v) is 4.19. The van der Waals surface area contributed by atoms with Gasteiger partial charge in [-0.3, -0.25) is 4.79 Å². The molecule has 1 aliphatic rings. The molecule has 2 N–H and O–H groups in total. The molecule has 1 unspecified atom stereocenters. The van der Waals surface area contributed by atoms with Gasteiger partial charge in [-0.25, -0.2) is 0 Å². The first-order chi connectivity index (χ1) is 7.39. The lowest BCUT2D eigenvalue weighted by atomic mass is 9.94. The van der Waals surface area contributed by atoms with Crippen molar-refractivity contribution in [2.45, 2.75) is 56.8 Å². The zero-order chi connectivity index (χ0) is 12.2. The Kier molecular flexibility index (Phi) is 4.58. The molecule has 3 nitrogen and oxygen atoms in total. The van der Waals surface area contributed by atoms with E-state index in [1.54, 1.807) is 0 Å². The van der Waals surface area contributed by atoms with Crippen LogP contribution in [0.1, 0.15) is 38.5 Å². The zero-order valence-electron chi connectivity index (χ0n) is 8.89. The van der Waals surface area contributed by atoms with Crippen molar-refractivity contribution in [1.29, 1.82) is 0 Å². The Morgan fingerprint density at radius 1 is 1.31 bits per heavy atom. The van der Waals surface area contributed by atoms with Crippen LogP contribution in [0, 0.1) is 0 Å². The van der Waals surface area contributed by atoms with E-state index in [1.807, 2.05) is 0 Å². The summed E-state index contributed by atoms with van der Waals surface area (Å²) in [6, 6.07) is -2.12. The van der Waals surface area contributed by atoms with Crippen molar-refractivity contribution in [2.24, 2.45) is 0 Å². The van der Waals surface area contributed by atoms with E-state index in [1.165, 1.54) is 0 Å². The zero-order valence-corrected chi connectivity index (χ0v) is 8.89. The molecule has 6 heteroatoms. The number of halogens is 3. The molecular formula is C10H16F3NO2. The van der Waals surface area contributed by atoms with Gasteiger partial charge in [0.25, 0.3) is 0 Å². The summed E-state index contributed by atoms with van der Waals surface area (Å²) in [5.74, 6) is -1.43. The lowest BCUT2D eigenvalue weighted by Gasteiger charge is -2.29. The summed E-state index contributed by atoms with van der Waals surface area (Å²) in [5.41, 5.74) is 0. The highest BCUT2D eigenvalue weighted by atomic mass is 19.4. The second-order valence-electron chi connectivity index (χ2n) is 4.19. The van der Waals surface area contributed by atoms with Gasteiger partial charge in [0, 0.05) is 6.04 Å². The molecule has 1 fully saturated rings. The van der Waals surface area contributed by atoms with Crippen LogP contribution in [-0.4, -0.2) is 29.3 Å². The predicted molar refractivity (Wildman–Crippen MR) is 52.1 cm³/mol. The number of rotatable bonds is 4. The van der Waals surface area contributed by atoms with Gasteiger partial charge in [-0.05, 0) is 12.8 Å². The van der Waals surface area contributed by atoms with Crippen LogP contribution >= 0.6 is 0 Å². The fourth-order valence-electron chi connectivity index (χ4n) is 2.00. The van der Waals surface area contributed by atoms with Crippen LogP contribution in [0.3, 0.4) is 0 Å². The van der Waals surface area contributed by atoms with Crippen LogP contribution in [0.2, 0.25) is 0 Å². The molecule has 94 valence electrons. The third kappa shape index (κ3) is 4.38. The number of carboxylic acid groups (broad SMARTS) is 1. The lowest BCUT2D eigenvalue weighted by Crippen LogP contribution is -2.49. The van der Waals surface area contributed by atoms with Crippen molar-refractivity contribution < 1.29 is 23.1 Å². The van der Waals surface area contributed by atoms with Gasteiger partial charge in [-0.1, -0.05) is 19.3 Å².